The van der Waals surface area contributed by atoms with Gasteiger partial charge in [0.05, 0.1) is 5.92 Å². The summed E-state index contributed by atoms with van der Waals surface area (Å²) >= 11 is 1.32. The number of hydrogen-bond donors (Lipinski definition) is 1. The lowest BCUT2D eigenvalue weighted by Crippen LogP contribution is -2.28. The van der Waals surface area contributed by atoms with Gasteiger partial charge in [0, 0.05) is 18.7 Å². The zero-order valence-corrected chi connectivity index (χ0v) is 13.2. The highest BCUT2D eigenvalue weighted by atomic mass is 32.1. The summed E-state index contributed by atoms with van der Waals surface area (Å²) in [5, 5.41) is 11.7. The van der Waals surface area contributed by atoms with Crippen molar-refractivity contribution < 1.29 is 9.59 Å². The van der Waals surface area contributed by atoms with Gasteiger partial charge in [0.15, 0.2) is 0 Å². The topological polar surface area (TPSA) is 75.2 Å². The average Bonchev–Trinajstić information content (AvgIpc) is 3.05. The fraction of sp³-hybridized carbons (Fsp3) is 0.333. The minimum atomic E-state index is -0.364. The van der Waals surface area contributed by atoms with Crippen molar-refractivity contribution in [3.05, 3.63) is 34.8 Å². The minimum Gasteiger partial charge on any atom is -0.312 e. The molecule has 2 heterocycles. The first-order chi connectivity index (χ1) is 10.5. The fourth-order valence-electron chi connectivity index (χ4n) is 2.48. The van der Waals surface area contributed by atoms with Gasteiger partial charge in [-0.25, -0.2) is 0 Å². The van der Waals surface area contributed by atoms with Gasteiger partial charge in [-0.05, 0) is 31.5 Å². The molecule has 1 fully saturated rings. The maximum atomic E-state index is 12.3. The van der Waals surface area contributed by atoms with Gasteiger partial charge >= 0.3 is 0 Å². The third kappa shape index (κ3) is 2.99. The molecule has 0 aliphatic carbocycles. The molecule has 6 nitrogen and oxygen atoms in total. The van der Waals surface area contributed by atoms with E-state index in [0.29, 0.717) is 11.7 Å². The molecule has 0 spiro atoms. The Morgan fingerprint density at radius 1 is 1.36 bits per heavy atom. The third-order valence-electron chi connectivity index (χ3n) is 3.57. The van der Waals surface area contributed by atoms with Crippen LogP contribution in [0.5, 0.6) is 0 Å². The summed E-state index contributed by atoms with van der Waals surface area (Å²) in [6, 6.07) is 7.73. The number of benzene rings is 1. The van der Waals surface area contributed by atoms with E-state index in [4.69, 9.17) is 0 Å². The first-order valence-electron chi connectivity index (χ1n) is 7.01. The van der Waals surface area contributed by atoms with Crippen molar-refractivity contribution in [2.24, 2.45) is 5.92 Å². The first-order valence-corrected chi connectivity index (χ1v) is 7.82. The van der Waals surface area contributed by atoms with Gasteiger partial charge in [-0.3, -0.25) is 9.59 Å². The summed E-state index contributed by atoms with van der Waals surface area (Å²) in [7, 11) is 0. The molecule has 1 aromatic heterocycles. The normalized spacial score (nSPS) is 17.8. The van der Waals surface area contributed by atoms with E-state index >= 15 is 0 Å². The number of nitrogens with zero attached hydrogens (tertiary/aromatic N) is 3. The molecular weight excluding hydrogens is 300 g/mol. The van der Waals surface area contributed by atoms with Gasteiger partial charge in [0.2, 0.25) is 16.9 Å². The van der Waals surface area contributed by atoms with Crippen molar-refractivity contribution in [3.8, 4) is 0 Å². The van der Waals surface area contributed by atoms with Crippen LogP contribution in [0.3, 0.4) is 0 Å². The second-order valence-electron chi connectivity index (χ2n) is 5.36. The van der Waals surface area contributed by atoms with Gasteiger partial charge in [-0.15, -0.1) is 10.2 Å². The standard InChI is InChI=1S/C15H16N4O2S/c1-9-4-3-5-12(6-9)19-8-11(7-13(19)20)14(21)16-15-18-17-10(2)22-15/h3-6,11H,7-8H2,1-2H3,(H,16,18,21). The molecule has 3 rings (SSSR count). The molecule has 1 aromatic carbocycles. The Morgan fingerprint density at radius 3 is 2.86 bits per heavy atom. The van der Waals surface area contributed by atoms with E-state index in [0.717, 1.165) is 16.3 Å². The molecule has 0 saturated carbocycles. The molecular formula is C15H16N4O2S. The van der Waals surface area contributed by atoms with Crippen LogP contribution in [0, 0.1) is 19.8 Å². The number of aromatic nitrogens is 2. The third-order valence-corrected chi connectivity index (χ3v) is 4.32. The lowest BCUT2D eigenvalue weighted by Gasteiger charge is -2.17. The Bertz CT molecular complexity index is 728. The summed E-state index contributed by atoms with van der Waals surface area (Å²) in [5.41, 5.74) is 1.93. The zero-order valence-electron chi connectivity index (χ0n) is 12.4. The fourth-order valence-corrected chi connectivity index (χ4v) is 3.08. The maximum Gasteiger partial charge on any atom is 0.231 e. The molecule has 1 aliphatic heterocycles. The van der Waals surface area contributed by atoms with E-state index in [-0.39, 0.29) is 24.2 Å². The summed E-state index contributed by atoms with van der Waals surface area (Å²) in [5.74, 6) is -0.573. The van der Waals surface area contributed by atoms with E-state index in [1.165, 1.54) is 11.3 Å². The van der Waals surface area contributed by atoms with Gasteiger partial charge < -0.3 is 10.2 Å². The molecule has 1 N–H and O–H groups in total. The number of carbonyl (C=O) groups excluding carboxylic acids is 2. The summed E-state index contributed by atoms with van der Waals surface area (Å²) in [6.45, 7) is 4.20. The Kier molecular flexibility index (Phi) is 3.89. The van der Waals surface area contributed by atoms with Crippen LogP contribution in [0.4, 0.5) is 10.8 Å². The molecule has 7 heteroatoms. The number of rotatable bonds is 3. The summed E-state index contributed by atoms with van der Waals surface area (Å²) in [6.07, 6.45) is 0.220. The Balaban J connectivity index is 1.70. The molecule has 1 atom stereocenters. The van der Waals surface area contributed by atoms with Crippen molar-refractivity contribution in [3.63, 3.8) is 0 Å². The second kappa shape index (κ2) is 5.84. The van der Waals surface area contributed by atoms with Gasteiger partial charge in [0.25, 0.3) is 0 Å². The van der Waals surface area contributed by atoms with Crippen LogP contribution in [0.1, 0.15) is 17.0 Å². The SMILES string of the molecule is Cc1cccc(N2CC(C(=O)Nc3nnc(C)s3)CC2=O)c1. The molecule has 22 heavy (non-hydrogen) atoms. The first kappa shape index (κ1) is 14.6. The van der Waals surface area contributed by atoms with Crippen LogP contribution < -0.4 is 10.2 Å². The molecule has 0 bridgehead atoms. The molecule has 2 amide bonds. The number of amides is 2. The van der Waals surface area contributed by atoms with E-state index in [1.807, 2.05) is 38.1 Å². The smallest absolute Gasteiger partial charge is 0.231 e. The van der Waals surface area contributed by atoms with Crippen LogP contribution in [-0.4, -0.2) is 28.6 Å². The van der Waals surface area contributed by atoms with Crippen LogP contribution in [-0.2, 0) is 9.59 Å². The van der Waals surface area contributed by atoms with Crippen LogP contribution in [0.15, 0.2) is 24.3 Å². The highest BCUT2D eigenvalue weighted by molar-refractivity contribution is 7.15. The number of hydrogen-bond acceptors (Lipinski definition) is 5. The number of aryl methyl sites for hydroxylation is 2. The van der Waals surface area contributed by atoms with Crippen LogP contribution in [0.2, 0.25) is 0 Å². The van der Waals surface area contributed by atoms with Gasteiger partial charge in [-0.2, -0.15) is 0 Å². The molecule has 114 valence electrons. The van der Waals surface area contributed by atoms with E-state index < -0.39 is 0 Å². The summed E-state index contributed by atoms with van der Waals surface area (Å²) in [4.78, 5) is 26.1. The predicted octanol–water partition coefficient (Wildman–Crippen LogP) is 2.15. The number of anilines is 2. The molecule has 1 saturated heterocycles. The highest BCUT2D eigenvalue weighted by Crippen LogP contribution is 2.27. The maximum absolute atomic E-state index is 12.3. The van der Waals surface area contributed by atoms with Gasteiger partial charge in [0.1, 0.15) is 5.01 Å². The quantitative estimate of drug-likeness (QED) is 0.941. The summed E-state index contributed by atoms with van der Waals surface area (Å²) < 4.78 is 0. The lowest BCUT2D eigenvalue weighted by atomic mass is 10.1. The largest absolute Gasteiger partial charge is 0.312 e. The molecule has 1 aliphatic rings. The molecule has 0 radical (unpaired) electrons. The van der Waals surface area contributed by atoms with Crippen LogP contribution >= 0.6 is 11.3 Å². The van der Waals surface area contributed by atoms with Crippen molar-refractivity contribution in [2.45, 2.75) is 20.3 Å². The van der Waals surface area contributed by atoms with Crippen molar-refractivity contribution >= 4 is 34.0 Å². The van der Waals surface area contributed by atoms with Gasteiger partial charge in [-0.1, -0.05) is 23.5 Å². The monoisotopic (exact) mass is 316 g/mol. The zero-order chi connectivity index (χ0) is 15.7. The lowest BCUT2D eigenvalue weighted by molar-refractivity contribution is -0.122. The molecule has 2 aromatic rings. The Morgan fingerprint density at radius 2 is 2.18 bits per heavy atom. The Hall–Kier alpha value is -2.28. The van der Waals surface area contributed by atoms with Crippen molar-refractivity contribution in [1.82, 2.24) is 10.2 Å². The Labute approximate surface area is 132 Å². The molecule has 1 unspecified atom stereocenters. The minimum absolute atomic E-state index is 0.0285. The van der Waals surface area contributed by atoms with Crippen molar-refractivity contribution in [1.29, 1.82) is 0 Å². The van der Waals surface area contributed by atoms with E-state index in [9.17, 15) is 9.59 Å². The van der Waals surface area contributed by atoms with Crippen LogP contribution in [0.25, 0.3) is 0 Å². The predicted molar refractivity (Wildman–Crippen MR) is 84.9 cm³/mol. The average molecular weight is 316 g/mol. The number of nitrogens with one attached hydrogen (secondary N) is 1. The van der Waals surface area contributed by atoms with Crippen molar-refractivity contribution in [2.75, 3.05) is 16.8 Å². The second-order valence-corrected chi connectivity index (χ2v) is 6.54. The van der Waals surface area contributed by atoms with E-state index in [1.54, 1.807) is 4.90 Å². The van der Waals surface area contributed by atoms with E-state index in [2.05, 4.69) is 15.5 Å². The number of carbonyl (C=O) groups is 2. The highest BCUT2D eigenvalue weighted by Gasteiger charge is 2.35.